The van der Waals surface area contributed by atoms with E-state index in [-0.39, 0.29) is 0 Å². The Morgan fingerprint density at radius 2 is 1.67 bits per heavy atom. The third-order valence-corrected chi connectivity index (χ3v) is 3.55. The molecule has 0 radical (unpaired) electrons. The van der Waals surface area contributed by atoms with E-state index in [0.717, 1.165) is 11.1 Å². The van der Waals surface area contributed by atoms with E-state index in [9.17, 15) is 14.4 Å². The molecule has 0 atom stereocenters. The molecular weight excluding hydrogens is 350 g/mol. The number of aryl methyl sites for hydroxylation is 2. The largest absolute Gasteiger partial charge is 0.482 e. The number of carboxylic acid groups (broad SMARTS) is 1. The molecule has 0 unspecified atom stereocenters. The second kappa shape index (κ2) is 9.14. The second-order valence-corrected chi connectivity index (χ2v) is 5.67. The van der Waals surface area contributed by atoms with Crippen molar-refractivity contribution >= 4 is 29.7 Å². The predicted molar refractivity (Wildman–Crippen MR) is 99.9 cm³/mol. The van der Waals surface area contributed by atoms with Crippen LogP contribution in [0, 0.1) is 13.8 Å². The van der Waals surface area contributed by atoms with E-state index in [1.807, 2.05) is 32.0 Å². The van der Waals surface area contributed by atoms with Crippen molar-refractivity contribution in [2.45, 2.75) is 13.8 Å². The van der Waals surface area contributed by atoms with Gasteiger partial charge in [0.05, 0.1) is 6.21 Å². The molecule has 0 aliphatic carbocycles. The van der Waals surface area contributed by atoms with Gasteiger partial charge in [0.1, 0.15) is 5.75 Å². The number of hydrogen-bond donors (Lipinski definition) is 3. The first kappa shape index (κ1) is 19.6. The molecule has 27 heavy (non-hydrogen) atoms. The number of ether oxygens (including phenoxy) is 1. The van der Waals surface area contributed by atoms with Gasteiger partial charge in [0.15, 0.2) is 6.61 Å². The van der Waals surface area contributed by atoms with Crippen molar-refractivity contribution in [3.8, 4) is 5.75 Å². The number of para-hydroxylation sites is 1. The summed E-state index contributed by atoms with van der Waals surface area (Å²) >= 11 is 0. The summed E-state index contributed by atoms with van der Waals surface area (Å²) in [5, 5.41) is 14.8. The molecule has 140 valence electrons. The number of amides is 2. The second-order valence-electron chi connectivity index (χ2n) is 5.67. The number of nitrogens with zero attached hydrogens (tertiary/aromatic N) is 1. The molecule has 2 rings (SSSR count). The Morgan fingerprint density at radius 1 is 1.04 bits per heavy atom. The molecule has 2 aromatic carbocycles. The van der Waals surface area contributed by atoms with E-state index in [0.29, 0.717) is 17.0 Å². The molecule has 8 heteroatoms. The number of rotatable bonds is 6. The van der Waals surface area contributed by atoms with Crippen LogP contribution in [0.25, 0.3) is 0 Å². The molecule has 0 heterocycles. The Labute approximate surface area is 155 Å². The first-order valence-electron chi connectivity index (χ1n) is 8.02. The van der Waals surface area contributed by atoms with Gasteiger partial charge in [-0.25, -0.2) is 10.2 Å². The molecule has 2 aromatic rings. The third kappa shape index (κ3) is 5.96. The summed E-state index contributed by atoms with van der Waals surface area (Å²) in [4.78, 5) is 34.3. The first-order valence-corrected chi connectivity index (χ1v) is 8.02. The van der Waals surface area contributed by atoms with E-state index in [1.54, 1.807) is 24.3 Å². The van der Waals surface area contributed by atoms with Crippen LogP contribution in [0.4, 0.5) is 5.69 Å². The number of benzene rings is 2. The highest BCUT2D eigenvalue weighted by atomic mass is 16.5. The Balaban J connectivity index is 1.88. The van der Waals surface area contributed by atoms with Gasteiger partial charge >= 0.3 is 17.8 Å². The molecule has 0 fully saturated rings. The van der Waals surface area contributed by atoms with Gasteiger partial charge in [-0.2, -0.15) is 5.10 Å². The van der Waals surface area contributed by atoms with Gasteiger partial charge in [0.25, 0.3) is 0 Å². The molecule has 2 amide bonds. The highest BCUT2D eigenvalue weighted by Gasteiger charge is 2.15. The standard InChI is InChI=1S/C19H19N3O5/c1-12-4-3-5-13(2)17(12)21-18(25)19(26)22-20-10-14-6-8-15(9-7-14)27-11-16(23)24/h3-10H,11H2,1-2H3,(H,21,25)(H,22,26)(H,23,24)/b20-10-. The fraction of sp³-hybridized carbons (Fsp3) is 0.158. The Hall–Kier alpha value is -3.68. The summed E-state index contributed by atoms with van der Waals surface area (Å²) in [6, 6.07) is 11.9. The number of aliphatic carboxylic acids is 1. The summed E-state index contributed by atoms with van der Waals surface area (Å²) < 4.78 is 5.01. The lowest BCUT2D eigenvalue weighted by Gasteiger charge is -2.10. The monoisotopic (exact) mass is 369 g/mol. The third-order valence-electron chi connectivity index (χ3n) is 3.55. The van der Waals surface area contributed by atoms with Crippen molar-refractivity contribution in [1.82, 2.24) is 5.43 Å². The minimum absolute atomic E-state index is 0.395. The van der Waals surface area contributed by atoms with E-state index >= 15 is 0 Å². The fourth-order valence-corrected chi connectivity index (χ4v) is 2.19. The molecule has 0 saturated heterocycles. The summed E-state index contributed by atoms with van der Waals surface area (Å²) in [6.07, 6.45) is 1.35. The van der Waals surface area contributed by atoms with Gasteiger partial charge in [0, 0.05) is 5.69 Å². The van der Waals surface area contributed by atoms with Crippen molar-refractivity contribution in [2.75, 3.05) is 11.9 Å². The number of carbonyl (C=O) groups is 3. The van der Waals surface area contributed by atoms with Gasteiger partial charge < -0.3 is 15.2 Å². The molecular formula is C19H19N3O5. The van der Waals surface area contributed by atoms with Crippen molar-refractivity contribution in [3.05, 3.63) is 59.2 Å². The van der Waals surface area contributed by atoms with E-state index in [2.05, 4.69) is 15.8 Å². The lowest BCUT2D eigenvalue weighted by molar-refractivity contribution is -0.139. The molecule has 0 aliphatic heterocycles. The number of carbonyl (C=O) groups excluding carboxylic acids is 2. The van der Waals surface area contributed by atoms with Crippen molar-refractivity contribution < 1.29 is 24.2 Å². The predicted octanol–water partition coefficient (Wildman–Crippen LogP) is 1.86. The number of hydrogen-bond acceptors (Lipinski definition) is 5. The zero-order valence-electron chi connectivity index (χ0n) is 14.9. The van der Waals surface area contributed by atoms with Gasteiger partial charge in [0.2, 0.25) is 0 Å². The van der Waals surface area contributed by atoms with Crippen LogP contribution in [0.3, 0.4) is 0 Å². The maximum Gasteiger partial charge on any atom is 0.341 e. The quantitative estimate of drug-likeness (QED) is 0.408. The average molecular weight is 369 g/mol. The Kier molecular flexibility index (Phi) is 6.65. The zero-order chi connectivity index (χ0) is 19.8. The lowest BCUT2D eigenvalue weighted by Crippen LogP contribution is -2.32. The number of carboxylic acids is 1. The highest BCUT2D eigenvalue weighted by Crippen LogP contribution is 2.19. The van der Waals surface area contributed by atoms with Crippen LogP contribution in [0.5, 0.6) is 5.75 Å². The van der Waals surface area contributed by atoms with Crippen LogP contribution in [-0.2, 0) is 14.4 Å². The number of nitrogens with one attached hydrogen (secondary N) is 2. The van der Waals surface area contributed by atoms with Crippen LogP contribution < -0.4 is 15.5 Å². The summed E-state index contributed by atoms with van der Waals surface area (Å²) in [5.74, 6) is -2.38. The SMILES string of the molecule is Cc1cccc(C)c1NC(=O)C(=O)N/N=C\c1ccc(OCC(=O)O)cc1. The van der Waals surface area contributed by atoms with Crippen molar-refractivity contribution in [1.29, 1.82) is 0 Å². The minimum Gasteiger partial charge on any atom is -0.482 e. The molecule has 0 aromatic heterocycles. The molecule has 0 saturated carbocycles. The van der Waals surface area contributed by atoms with E-state index in [4.69, 9.17) is 9.84 Å². The van der Waals surface area contributed by atoms with Gasteiger partial charge in [-0.1, -0.05) is 18.2 Å². The topological polar surface area (TPSA) is 117 Å². The average Bonchev–Trinajstić information content (AvgIpc) is 2.64. The number of hydrazone groups is 1. The Morgan fingerprint density at radius 3 is 2.26 bits per heavy atom. The van der Waals surface area contributed by atoms with Crippen LogP contribution >= 0.6 is 0 Å². The first-order chi connectivity index (χ1) is 12.9. The smallest absolute Gasteiger partial charge is 0.341 e. The fourth-order valence-electron chi connectivity index (χ4n) is 2.19. The van der Waals surface area contributed by atoms with E-state index in [1.165, 1.54) is 6.21 Å². The van der Waals surface area contributed by atoms with Crippen LogP contribution in [-0.4, -0.2) is 35.7 Å². The minimum atomic E-state index is -1.07. The summed E-state index contributed by atoms with van der Waals surface area (Å²) in [6.45, 7) is 3.24. The lowest BCUT2D eigenvalue weighted by atomic mass is 10.1. The normalized spacial score (nSPS) is 10.4. The summed E-state index contributed by atoms with van der Waals surface area (Å²) in [7, 11) is 0. The van der Waals surface area contributed by atoms with E-state index < -0.39 is 24.4 Å². The van der Waals surface area contributed by atoms with Crippen LogP contribution in [0.2, 0.25) is 0 Å². The van der Waals surface area contributed by atoms with Crippen LogP contribution in [0.1, 0.15) is 16.7 Å². The van der Waals surface area contributed by atoms with Gasteiger partial charge in [-0.15, -0.1) is 0 Å². The van der Waals surface area contributed by atoms with Crippen molar-refractivity contribution in [2.24, 2.45) is 5.10 Å². The highest BCUT2D eigenvalue weighted by molar-refractivity contribution is 6.39. The molecule has 8 nitrogen and oxygen atoms in total. The van der Waals surface area contributed by atoms with Gasteiger partial charge in [-0.05, 0) is 54.8 Å². The van der Waals surface area contributed by atoms with Crippen LogP contribution in [0.15, 0.2) is 47.6 Å². The van der Waals surface area contributed by atoms with Gasteiger partial charge in [-0.3, -0.25) is 9.59 Å². The Bertz CT molecular complexity index is 855. The molecule has 0 spiro atoms. The molecule has 0 bridgehead atoms. The maximum absolute atomic E-state index is 12.0. The number of anilines is 1. The summed E-state index contributed by atoms with van der Waals surface area (Å²) in [5.41, 5.74) is 5.09. The zero-order valence-corrected chi connectivity index (χ0v) is 14.9. The molecule has 0 aliphatic rings. The van der Waals surface area contributed by atoms with Crippen molar-refractivity contribution in [3.63, 3.8) is 0 Å². The molecule has 3 N–H and O–H groups in total. The maximum atomic E-state index is 12.0.